The van der Waals surface area contributed by atoms with E-state index >= 15 is 0 Å². The lowest BCUT2D eigenvalue weighted by molar-refractivity contribution is -0.116. The smallest absolute Gasteiger partial charge is 0.227 e. The van der Waals surface area contributed by atoms with Crippen LogP contribution in [0.1, 0.15) is 28.3 Å². The number of hydrogen-bond acceptors (Lipinski definition) is 7. The molecule has 7 nitrogen and oxygen atoms in total. The molecule has 0 atom stereocenters. The number of anilines is 1. The number of halogens is 1. The minimum absolute atomic E-state index is 0.159. The van der Waals surface area contributed by atoms with Gasteiger partial charge in [-0.25, -0.2) is 4.98 Å². The molecule has 9 heteroatoms. The Morgan fingerprint density at radius 1 is 1.23 bits per heavy atom. The van der Waals surface area contributed by atoms with Gasteiger partial charge in [0.1, 0.15) is 0 Å². The van der Waals surface area contributed by atoms with Crippen LogP contribution in [-0.2, 0) is 17.6 Å². The first kappa shape index (κ1) is 20.2. The van der Waals surface area contributed by atoms with E-state index in [1.165, 1.54) is 11.3 Å². The van der Waals surface area contributed by atoms with E-state index in [-0.39, 0.29) is 12.3 Å². The molecule has 0 radical (unpaired) electrons. The van der Waals surface area contributed by atoms with Gasteiger partial charge in [-0.05, 0) is 30.2 Å². The maximum atomic E-state index is 12.3. The lowest BCUT2D eigenvalue weighted by Gasteiger charge is -2.04. The number of hydrogen-bond donors (Lipinski definition) is 1. The molecule has 0 aliphatic heterocycles. The van der Waals surface area contributed by atoms with Crippen LogP contribution < -0.4 is 5.32 Å². The van der Waals surface area contributed by atoms with Crippen molar-refractivity contribution in [2.24, 2.45) is 0 Å². The van der Waals surface area contributed by atoms with Crippen LogP contribution in [0.4, 0.5) is 5.13 Å². The molecule has 3 aromatic heterocycles. The van der Waals surface area contributed by atoms with E-state index in [2.05, 4.69) is 25.4 Å². The summed E-state index contributed by atoms with van der Waals surface area (Å²) in [6.45, 7) is 1.98. The van der Waals surface area contributed by atoms with E-state index < -0.39 is 0 Å². The van der Waals surface area contributed by atoms with Gasteiger partial charge in [0.05, 0.1) is 0 Å². The molecule has 1 aromatic carbocycles. The van der Waals surface area contributed by atoms with Gasteiger partial charge in [0.15, 0.2) is 5.13 Å². The van der Waals surface area contributed by atoms with Gasteiger partial charge in [-0.2, -0.15) is 4.98 Å². The van der Waals surface area contributed by atoms with Crippen LogP contribution in [0.25, 0.3) is 11.4 Å². The highest BCUT2D eigenvalue weighted by Crippen LogP contribution is 2.27. The Kier molecular flexibility index (Phi) is 6.15. The summed E-state index contributed by atoms with van der Waals surface area (Å²) in [7, 11) is 0. The summed E-state index contributed by atoms with van der Waals surface area (Å²) in [6, 6.07) is 9.56. The Bertz CT molecular complexity index is 1160. The Morgan fingerprint density at radius 2 is 2.07 bits per heavy atom. The number of nitrogens with one attached hydrogen (secondary N) is 1. The molecule has 4 aromatic rings. The maximum Gasteiger partial charge on any atom is 0.227 e. The first-order valence-electron chi connectivity index (χ1n) is 9.30. The monoisotopic (exact) mass is 439 g/mol. The van der Waals surface area contributed by atoms with E-state index in [1.807, 2.05) is 25.1 Å². The van der Waals surface area contributed by atoms with Crippen molar-refractivity contribution in [1.82, 2.24) is 20.1 Å². The molecule has 0 unspecified atom stereocenters. The number of carbonyl (C=O) groups is 1. The second-order valence-electron chi connectivity index (χ2n) is 6.65. The number of rotatable bonds is 7. The van der Waals surface area contributed by atoms with Gasteiger partial charge in [0.25, 0.3) is 0 Å². The Hall–Kier alpha value is -3.10. The van der Waals surface area contributed by atoms with Crippen molar-refractivity contribution >= 4 is 34.0 Å². The van der Waals surface area contributed by atoms with Crippen LogP contribution in [0.15, 0.2) is 53.4 Å². The van der Waals surface area contributed by atoms with E-state index in [0.29, 0.717) is 29.7 Å². The maximum absolute atomic E-state index is 12.3. The average molecular weight is 440 g/mol. The van der Waals surface area contributed by atoms with Gasteiger partial charge in [0, 0.05) is 53.3 Å². The van der Waals surface area contributed by atoms with Crippen molar-refractivity contribution in [3.8, 4) is 11.4 Å². The third-order valence-electron chi connectivity index (χ3n) is 4.41. The first-order valence-corrected chi connectivity index (χ1v) is 10.5. The third-order valence-corrected chi connectivity index (χ3v) is 5.86. The molecular formula is C21H18ClN5O2S. The average Bonchev–Trinajstić information content (AvgIpc) is 3.40. The van der Waals surface area contributed by atoms with E-state index in [9.17, 15) is 4.79 Å². The highest BCUT2D eigenvalue weighted by molar-refractivity contribution is 7.15. The highest BCUT2D eigenvalue weighted by atomic mass is 35.5. The van der Waals surface area contributed by atoms with Gasteiger partial charge in [-0.3, -0.25) is 9.78 Å². The number of carbonyl (C=O) groups excluding carboxylic acids is 1. The van der Waals surface area contributed by atoms with E-state index in [1.54, 1.807) is 30.7 Å². The number of pyridine rings is 1. The van der Waals surface area contributed by atoms with Crippen LogP contribution >= 0.6 is 22.9 Å². The summed E-state index contributed by atoms with van der Waals surface area (Å²) in [6.07, 6.45) is 6.32. The molecule has 0 saturated carbocycles. The van der Waals surface area contributed by atoms with Crippen LogP contribution in [-0.4, -0.2) is 26.0 Å². The largest absolute Gasteiger partial charge is 0.339 e. The topological polar surface area (TPSA) is 93.8 Å². The van der Waals surface area contributed by atoms with Crippen molar-refractivity contribution in [2.75, 3.05) is 5.32 Å². The van der Waals surface area contributed by atoms with Crippen LogP contribution in [0.2, 0.25) is 5.02 Å². The fourth-order valence-electron chi connectivity index (χ4n) is 2.86. The zero-order valence-corrected chi connectivity index (χ0v) is 17.7. The molecule has 4 rings (SSSR count). The van der Waals surface area contributed by atoms with Gasteiger partial charge in [-0.1, -0.05) is 35.0 Å². The lowest BCUT2D eigenvalue weighted by Crippen LogP contribution is -2.12. The molecule has 0 bridgehead atoms. The summed E-state index contributed by atoms with van der Waals surface area (Å²) in [5.74, 6) is 0.728. The minimum atomic E-state index is -0.159. The van der Waals surface area contributed by atoms with Gasteiger partial charge in [-0.15, -0.1) is 11.3 Å². The molecule has 0 saturated heterocycles. The van der Waals surface area contributed by atoms with E-state index in [4.69, 9.17) is 16.1 Å². The van der Waals surface area contributed by atoms with Crippen molar-refractivity contribution < 1.29 is 9.32 Å². The fraction of sp³-hybridized carbons (Fsp3) is 0.190. The van der Waals surface area contributed by atoms with Crippen molar-refractivity contribution in [1.29, 1.82) is 0 Å². The lowest BCUT2D eigenvalue weighted by atomic mass is 10.1. The summed E-state index contributed by atoms with van der Waals surface area (Å²) >= 11 is 7.80. The molecule has 0 fully saturated rings. The van der Waals surface area contributed by atoms with E-state index in [0.717, 1.165) is 26.6 Å². The minimum Gasteiger partial charge on any atom is -0.339 e. The fourth-order valence-corrected chi connectivity index (χ4v) is 3.90. The summed E-state index contributed by atoms with van der Waals surface area (Å²) in [5, 5.41) is 8.08. The van der Waals surface area contributed by atoms with Crippen LogP contribution in [0, 0.1) is 6.92 Å². The van der Waals surface area contributed by atoms with Crippen LogP contribution in [0.3, 0.4) is 0 Å². The van der Waals surface area contributed by atoms with Crippen molar-refractivity contribution in [3.63, 3.8) is 0 Å². The molecule has 0 spiro atoms. The summed E-state index contributed by atoms with van der Waals surface area (Å²) in [5.41, 5.74) is 2.90. The molecule has 0 aliphatic rings. The van der Waals surface area contributed by atoms with Gasteiger partial charge < -0.3 is 9.84 Å². The number of benzene rings is 1. The number of aryl methyl sites for hydroxylation is 2. The molecule has 0 aliphatic carbocycles. The Balaban J connectivity index is 1.31. The molecule has 152 valence electrons. The first-order chi connectivity index (χ1) is 14.6. The Morgan fingerprint density at radius 3 is 2.90 bits per heavy atom. The quantitative estimate of drug-likeness (QED) is 0.448. The Labute approximate surface area is 182 Å². The number of amides is 1. The standard InChI is InChI=1S/C21H18ClN5O2S/c1-13-3-2-4-15(19(13)22)11-16-12-24-21(30-16)25-17(28)5-6-18-26-20(27-29-18)14-7-9-23-10-8-14/h2-4,7-10,12H,5-6,11H2,1H3,(H,24,25,28). The second kappa shape index (κ2) is 9.15. The van der Waals surface area contributed by atoms with Gasteiger partial charge >= 0.3 is 0 Å². The van der Waals surface area contributed by atoms with Crippen LogP contribution in [0.5, 0.6) is 0 Å². The SMILES string of the molecule is Cc1cccc(Cc2cnc(NC(=O)CCc3nc(-c4ccncc4)no3)s2)c1Cl. The van der Waals surface area contributed by atoms with Gasteiger partial charge in [0.2, 0.25) is 17.6 Å². The zero-order chi connectivity index (χ0) is 20.9. The second-order valence-corrected chi connectivity index (χ2v) is 8.15. The molecule has 3 heterocycles. The van der Waals surface area contributed by atoms with Crippen molar-refractivity contribution in [3.05, 3.63) is 75.8 Å². The number of aromatic nitrogens is 4. The normalized spacial score (nSPS) is 10.9. The highest BCUT2D eigenvalue weighted by Gasteiger charge is 2.13. The molecule has 1 amide bonds. The zero-order valence-electron chi connectivity index (χ0n) is 16.1. The number of thiazole rings is 1. The molecular weight excluding hydrogens is 422 g/mol. The number of nitrogens with zero attached hydrogens (tertiary/aromatic N) is 4. The summed E-state index contributed by atoms with van der Waals surface area (Å²) in [4.78, 5) is 25.9. The third kappa shape index (κ3) is 4.90. The molecule has 30 heavy (non-hydrogen) atoms. The predicted octanol–water partition coefficient (Wildman–Crippen LogP) is 4.71. The van der Waals surface area contributed by atoms with Crippen molar-refractivity contribution in [2.45, 2.75) is 26.2 Å². The summed E-state index contributed by atoms with van der Waals surface area (Å²) < 4.78 is 5.22. The predicted molar refractivity (Wildman–Crippen MR) is 116 cm³/mol. The molecule has 1 N–H and O–H groups in total.